The van der Waals surface area contributed by atoms with Gasteiger partial charge in [-0.2, -0.15) is 4.98 Å². The number of benzene rings is 1. The van der Waals surface area contributed by atoms with E-state index < -0.39 is 0 Å². The first-order valence-corrected chi connectivity index (χ1v) is 8.95. The number of hydrogen-bond acceptors (Lipinski definition) is 4. The van der Waals surface area contributed by atoms with Crippen LogP contribution in [0.2, 0.25) is 0 Å². The van der Waals surface area contributed by atoms with Crippen LogP contribution >= 0.6 is 0 Å². The third kappa shape index (κ3) is 3.21. The maximum absolute atomic E-state index is 12.5. The second kappa shape index (κ2) is 6.75. The van der Waals surface area contributed by atoms with E-state index in [1.54, 1.807) is 0 Å². The van der Waals surface area contributed by atoms with Gasteiger partial charge in [0.25, 0.3) is 0 Å². The molecular formula is C19H23N3O2. The second-order valence-electron chi connectivity index (χ2n) is 6.96. The zero-order valence-electron chi connectivity index (χ0n) is 13.9. The van der Waals surface area contributed by atoms with Crippen LogP contribution in [0.3, 0.4) is 0 Å². The van der Waals surface area contributed by atoms with Crippen molar-refractivity contribution in [1.29, 1.82) is 0 Å². The first-order chi connectivity index (χ1) is 11.8. The number of carbonyl (C=O) groups is 1. The summed E-state index contributed by atoms with van der Waals surface area (Å²) in [5.74, 6) is 2.43. The average molecular weight is 325 g/mol. The molecule has 0 radical (unpaired) electrons. The lowest BCUT2D eigenvalue weighted by molar-refractivity contribution is -0.129. The minimum absolute atomic E-state index is 0.180. The molecule has 2 aromatic rings. The molecule has 0 bridgehead atoms. The molecule has 5 heteroatoms. The van der Waals surface area contributed by atoms with E-state index in [1.165, 1.54) is 25.7 Å². The normalized spacial score (nSPS) is 21.5. The summed E-state index contributed by atoms with van der Waals surface area (Å²) in [7, 11) is 0. The summed E-state index contributed by atoms with van der Waals surface area (Å²) in [6, 6.07) is 9.91. The van der Waals surface area contributed by atoms with E-state index in [0.717, 1.165) is 24.4 Å². The molecule has 2 aliphatic rings. The molecule has 1 aromatic heterocycles. The van der Waals surface area contributed by atoms with Crippen LogP contribution in [0.1, 0.15) is 61.2 Å². The minimum Gasteiger partial charge on any atom is -0.342 e. The van der Waals surface area contributed by atoms with Gasteiger partial charge in [0.15, 0.2) is 5.82 Å². The Morgan fingerprint density at radius 1 is 1.12 bits per heavy atom. The fourth-order valence-corrected chi connectivity index (χ4v) is 3.83. The number of nitrogens with zero attached hydrogens (tertiary/aromatic N) is 3. The number of rotatable bonds is 4. The Balaban J connectivity index is 1.36. The molecule has 2 fully saturated rings. The predicted octanol–water partition coefficient (Wildman–Crippen LogP) is 3.29. The predicted molar refractivity (Wildman–Crippen MR) is 89.6 cm³/mol. The van der Waals surface area contributed by atoms with Gasteiger partial charge < -0.3 is 9.42 Å². The largest absolute Gasteiger partial charge is 0.342 e. The van der Waals surface area contributed by atoms with Gasteiger partial charge in [-0.15, -0.1) is 0 Å². The van der Waals surface area contributed by atoms with Crippen LogP contribution in [-0.2, 0) is 11.2 Å². The number of aromatic nitrogens is 2. The van der Waals surface area contributed by atoms with Crippen molar-refractivity contribution in [3.05, 3.63) is 47.6 Å². The fraction of sp³-hybridized carbons (Fsp3) is 0.526. The van der Waals surface area contributed by atoms with Crippen molar-refractivity contribution in [3.8, 4) is 0 Å². The highest BCUT2D eigenvalue weighted by Gasteiger charge is 2.32. The van der Waals surface area contributed by atoms with Crippen molar-refractivity contribution in [2.45, 2.75) is 50.4 Å². The second-order valence-corrected chi connectivity index (χ2v) is 6.96. The SMILES string of the molecule is O=C(Cc1ccccc1)N1CCC(c2nc(C3CCCC3)no2)C1. The molecule has 1 aromatic carbocycles. The molecule has 1 saturated carbocycles. The molecule has 4 rings (SSSR count). The topological polar surface area (TPSA) is 59.2 Å². The summed E-state index contributed by atoms with van der Waals surface area (Å²) < 4.78 is 5.51. The standard InChI is InChI=1S/C19H23N3O2/c23-17(12-14-6-2-1-3-7-14)22-11-10-16(13-22)19-20-18(21-24-19)15-8-4-5-9-15/h1-3,6-7,15-16H,4-5,8-13H2. The van der Waals surface area contributed by atoms with Crippen molar-refractivity contribution >= 4 is 5.91 Å². The summed E-state index contributed by atoms with van der Waals surface area (Å²) in [5, 5.41) is 4.19. The molecule has 1 saturated heterocycles. The summed E-state index contributed by atoms with van der Waals surface area (Å²) in [4.78, 5) is 19.0. The molecule has 1 unspecified atom stereocenters. The molecule has 2 heterocycles. The van der Waals surface area contributed by atoms with Gasteiger partial charge in [-0.3, -0.25) is 4.79 Å². The Hall–Kier alpha value is -2.17. The van der Waals surface area contributed by atoms with Crippen molar-refractivity contribution in [3.63, 3.8) is 0 Å². The number of amides is 1. The maximum Gasteiger partial charge on any atom is 0.231 e. The van der Waals surface area contributed by atoms with Gasteiger partial charge in [-0.25, -0.2) is 0 Å². The zero-order chi connectivity index (χ0) is 16.4. The number of likely N-dealkylation sites (tertiary alicyclic amines) is 1. The van der Waals surface area contributed by atoms with E-state index in [0.29, 0.717) is 24.8 Å². The van der Waals surface area contributed by atoms with E-state index >= 15 is 0 Å². The molecule has 0 N–H and O–H groups in total. The molecule has 1 amide bonds. The van der Waals surface area contributed by atoms with Crippen LogP contribution in [0.15, 0.2) is 34.9 Å². The van der Waals surface area contributed by atoms with E-state index in [2.05, 4.69) is 10.1 Å². The smallest absolute Gasteiger partial charge is 0.231 e. The highest BCUT2D eigenvalue weighted by molar-refractivity contribution is 5.79. The molecular weight excluding hydrogens is 302 g/mol. The lowest BCUT2D eigenvalue weighted by Gasteiger charge is -2.15. The Kier molecular flexibility index (Phi) is 4.32. The summed E-state index contributed by atoms with van der Waals surface area (Å²) in [5.41, 5.74) is 1.06. The first kappa shape index (κ1) is 15.4. The third-order valence-electron chi connectivity index (χ3n) is 5.27. The third-order valence-corrected chi connectivity index (χ3v) is 5.27. The molecule has 1 aliphatic carbocycles. The molecule has 0 spiro atoms. The number of carbonyl (C=O) groups excluding carboxylic acids is 1. The molecule has 1 atom stereocenters. The van der Waals surface area contributed by atoms with E-state index in [9.17, 15) is 4.79 Å². The van der Waals surface area contributed by atoms with Crippen LogP contribution < -0.4 is 0 Å². The van der Waals surface area contributed by atoms with Crippen LogP contribution in [-0.4, -0.2) is 34.0 Å². The van der Waals surface area contributed by atoms with Crippen molar-refractivity contribution in [1.82, 2.24) is 15.0 Å². The van der Waals surface area contributed by atoms with Gasteiger partial charge in [0.1, 0.15) is 0 Å². The van der Waals surface area contributed by atoms with E-state index in [4.69, 9.17) is 4.52 Å². The first-order valence-electron chi connectivity index (χ1n) is 8.95. The highest BCUT2D eigenvalue weighted by Crippen LogP contribution is 2.34. The quantitative estimate of drug-likeness (QED) is 0.865. The van der Waals surface area contributed by atoms with Crippen molar-refractivity contribution in [2.24, 2.45) is 0 Å². The average Bonchev–Trinajstić information content (AvgIpc) is 3.35. The molecule has 126 valence electrons. The maximum atomic E-state index is 12.5. The van der Waals surface area contributed by atoms with Crippen molar-refractivity contribution in [2.75, 3.05) is 13.1 Å². The molecule has 5 nitrogen and oxygen atoms in total. The lowest BCUT2D eigenvalue weighted by atomic mass is 10.1. The highest BCUT2D eigenvalue weighted by atomic mass is 16.5. The zero-order valence-corrected chi connectivity index (χ0v) is 13.9. The summed E-state index contributed by atoms with van der Waals surface area (Å²) >= 11 is 0. The summed E-state index contributed by atoms with van der Waals surface area (Å²) in [6.07, 6.45) is 6.24. The van der Waals surface area contributed by atoms with Crippen LogP contribution in [0.25, 0.3) is 0 Å². The Morgan fingerprint density at radius 2 is 1.92 bits per heavy atom. The minimum atomic E-state index is 0.180. The monoisotopic (exact) mass is 325 g/mol. The summed E-state index contributed by atoms with van der Waals surface area (Å²) in [6.45, 7) is 1.47. The Morgan fingerprint density at radius 3 is 2.71 bits per heavy atom. The Labute approximate surface area is 142 Å². The number of hydrogen-bond donors (Lipinski definition) is 0. The van der Waals surface area contributed by atoms with Gasteiger partial charge in [0, 0.05) is 19.0 Å². The van der Waals surface area contributed by atoms with Crippen LogP contribution in [0.5, 0.6) is 0 Å². The van der Waals surface area contributed by atoms with Gasteiger partial charge in [0.2, 0.25) is 11.8 Å². The van der Waals surface area contributed by atoms with Crippen LogP contribution in [0, 0.1) is 0 Å². The van der Waals surface area contributed by atoms with E-state index in [1.807, 2.05) is 35.2 Å². The molecule has 24 heavy (non-hydrogen) atoms. The van der Waals surface area contributed by atoms with Crippen molar-refractivity contribution < 1.29 is 9.32 Å². The lowest BCUT2D eigenvalue weighted by Crippen LogP contribution is -2.29. The van der Waals surface area contributed by atoms with Crippen LogP contribution in [0.4, 0.5) is 0 Å². The van der Waals surface area contributed by atoms with Gasteiger partial charge in [-0.05, 0) is 24.8 Å². The van der Waals surface area contributed by atoms with Gasteiger partial charge in [0.05, 0.1) is 12.3 Å². The van der Waals surface area contributed by atoms with Gasteiger partial charge >= 0.3 is 0 Å². The molecule has 1 aliphatic heterocycles. The Bertz CT molecular complexity index is 692. The van der Waals surface area contributed by atoms with Gasteiger partial charge in [-0.1, -0.05) is 48.3 Å². The van der Waals surface area contributed by atoms with E-state index in [-0.39, 0.29) is 11.8 Å². The fourth-order valence-electron chi connectivity index (χ4n) is 3.83.